The zero-order valence-corrected chi connectivity index (χ0v) is 24.9. The molecule has 214 valence electrons. The Labute approximate surface area is 259 Å². The highest BCUT2D eigenvalue weighted by molar-refractivity contribution is 6.18. The summed E-state index contributed by atoms with van der Waals surface area (Å²) in [6, 6.07) is 44.6. The van der Waals surface area contributed by atoms with Crippen molar-refractivity contribution in [1.82, 2.24) is 9.13 Å². The van der Waals surface area contributed by atoms with E-state index in [4.69, 9.17) is 0 Å². The maximum Gasteiger partial charge on any atom is 0.266 e. The fourth-order valence-electron chi connectivity index (χ4n) is 7.56. The lowest BCUT2D eigenvalue weighted by molar-refractivity contribution is 0.661. The van der Waals surface area contributed by atoms with E-state index >= 15 is 0 Å². The van der Waals surface area contributed by atoms with Gasteiger partial charge in [-0.3, -0.25) is 9.59 Å². The minimum Gasteiger partial charge on any atom is -0.309 e. The summed E-state index contributed by atoms with van der Waals surface area (Å²) >= 11 is 0. The number of hydrogen-bond acceptors (Lipinski definition) is 2. The summed E-state index contributed by atoms with van der Waals surface area (Å²) in [7, 11) is 0. The molecule has 0 N–H and O–H groups in total. The first-order valence-electron chi connectivity index (χ1n) is 15.3. The van der Waals surface area contributed by atoms with Crippen molar-refractivity contribution < 1.29 is 0 Å². The van der Waals surface area contributed by atoms with Crippen molar-refractivity contribution in [2.45, 2.75) is 19.3 Å². The fourth-order valence-corrected chi connectivity index (χ4v) is 7.56. The molecule has 6 aromatic carbocycles. The van der Waals surface area contributed by atoms with E-state index in [2.05, 4.69) is 85.1 Å². The highest BCUT2D eigenvalue weighted by Crippen LogP contribution is 2.50. The van der Waals surface area contributed by atoms with Gasteiger partial charge >= 0.3 is 0 Å². The Hall–Kier alpha value is -5.74. The van der Waals surface area contributed by atoms with E-state index in [-0.39, 0.29) is 16.5 Å². The quantitative estimate of drug-likeness (QED) is 0.205. The largest absolute Gasteiger partial charge is 0.309 e. The Balaban J connectivity index is 1.54. The van der Waals surface area contributed by atoms with E-state index in [0.29, 0.717) is 16.5 Å². The molecule has 8 aromatic rings. The van der Waals surface area contributed by atoms with E-state index in [1.807, 2.05) is 66.7 Å². The van der Waals surface area contributed by atoms with E-state index in [1.54, 1.807) is 0 Å². The topological polar surface area (TPSA) is 44.0 Å². The first-order chi connectivity index (χ1) is 21.9. The second kappa shape index (κ2) is 9.13. The molecule has 1 aliphatic carbocycles. The smallest absolute Gasteiger partial charge is 0.266 e. The third-order valence-electron chi connectivity index (χ3n) is 9.72. The number of nitrogens with zero attached hydrogens (tertiary/aromatic N) is 2. The number of rotatable bonds is 2. The number of benzene rings is 6. The van der Waals surface area contributed by atoms with Gasteiger partial charge in [-0.1, -0.05) is 92.7 Å². The maximum atomic E-state index is 14.7. The van der Waals surface area contributed by atoms with Gasteiger partial charge in [-0.05, 0) is 87.6 Å². The molecule has 9 rings (SSSR count). The lowest BCUT2D eigenvalue weighted by Gasteiger charge is -2.21. The molecule has 0 aliphatic heterocycles. The van der Waals surface area contributed by atoms with Crippen molar-refractivity contribution in [3.8, 4) is 22.5 Å². The summed E-state index contributed by atoms with van der Waals surface area (Å²) in [4.78, 5) is 29.3. The van der Waals surface area contributed by atoms with Gasteiger partial charge in [0.25, 0.3) is 11.1 Å². The van der Waals surface area contributed by atoms with Gasteiger partial charge < -0.3 is 4.57 Å². The Morgan fingerprint density at radius 1 is 0.422 bits per heavy atom. The van der Waals surface area contributed by atoms with Crippen LogP contribution in [0.15, 0.2) is 143 Å². The molecule has 0 saturated carbocycles. The minimum absolute atomic E-state index is 0.287. The molecule has 2 aromatic heterocycles. The van der Waals surface area contributed by atoms with Gasteiger partial charge in [0, 0.05) is 27.3 Å². The molecular formula is C41H28N2O2. The Morgan fingerprint density at radius 3 is 1.73 bits per heavy atom. The van der Waals surface area contributed by atoms with Crippen molar-refractivity contribution in [2.24, 2.45) is 0 Å². The van der Waals surface area contributed by atoms with Gasteiger partial charge in [-0.2, -0.15) is 0 Å². The fraction of sp³-hybridized carbons (Fsp3) is 0.0732. The van der Waals surface area contributed by atoms with Crippen molar-refractivity contribution in [1.29, 1.82) is 0 Å². The van der Waals surface area contributed by atoms with Gasteiger partial charge in [0.15, 0.2) is 0 Å². The molecule has 0 spiro atoms. The summed E-state index contributed by atoms with van der Waals surface area (Å²) in [6.45, 7) is 4.42. The van der Waals surface area contributed by atoms with Gasteiger partial charge in [-0.15, -0.1) is 0 Å². The molecule has 1 aliphatic rings. The number of para-hydroxylation sites is 3. The van der Waals surface area contributed by atoms with E-state index in [1.165, 1.54) is 15.7 Å². The van der Waals surface area contributed by atoms with Crippen LogP contribution in [0.1, 0.15) is 25.0 Å². The zero-order valence-electron chi connectivity index (χ0n) is 24.9. The number of hydrogen-bond donors (Lipinski definition) is 0. The van der Waals surface area contributed by atoms with Crippen LogP contribution in [0, 0.1) is 0 Å². The van der Waals surface area contributed by atoms with E-state index in [9.17, 15) is 9.59 Å². The number of fused-ring (bicyclic) bond motifs is 9. The third kappa shape index (κ3) is 3.48. The summed E-state index contributed by atoms with van der Waals surface area (Å²) in [5.74, 6) is 0. The lowest BCUT2D eigenvalue weighted by Crippen LogP contribution is -2.28. The molecule has 0 unspecified atom stereocenters. The first-order valence-corrected chi connectivity index (χ1v) is 15.3. The van der Waals surface area contributed by atoms with Gasteiger partial charge in [0.1, 0.15) is 0 Å². The Morgan fingerprint density at radius 2 is 1.00 bits per heavy atom. The van der Waals surface area contributed by atoms with Crippen LogP contribution in [-0.4, -0.2) is 9.13 Å². The predicted octanol–water partition coefficient (Wildman–Crippen LogP) is 8.91. The first kappa shape index (κ1) is 25.7. The molecule has 0 atom stereocenters. The van der Waals surface area contributed by atoms with Crippen LogP contribution >= 0.6 is 0 Å². The van der Waals surface area contributed by atoms with Crippen molar-refractivity contribution in [3.05, 3.63) is 165 Å². The van der Waals surface area contributed by atoms with E-state index < -0.39 is 0 Å². The van der Waals surface area contributed by atoms with Crippen LogP contribution in [0.2, 0.25) is 0 Å². The molecule has 0 saturated heterocycles. The van der Waals surface area contributed by atoms with Crippen LogP contribution in [0.3, 0.4) is 0 Å². The SMILES string of the molecule is CC1(C)c2ccccc2-c2cc3c(cc21)c(=O)n(-c1ccccc1)c(=O)c1cc2c(cc13)c1ccccc1n2-c1ccccc1. The second-order valence-corrected chi connectivity index (χ2v) is 12.5. The molecule has 0 fully saturated rings. The average Bonchev–Trinajstić information content (AvgIpc) is 3.49. The molecule has 0 radical (unpaired) electrons. The highest BCUT2D eigenvalue weighted by atomic mass is 16.2. The highest BCUT2D eigenvalue weighted by Gasteiger charge is 2.36. The van der Waals surface area contributed by atoms with Crippen LogP contribution in [0.4, 0.5) is 0 Å². The summed E-state index contributed by atoms with van der Waals surface area (Å²) in [6.07, 6.45) is 0. The van der Waals surface area contributed by atoms with Crippen LogP contribution in [0.25, 0.3) is 65.9 Å². The minimum atomic E-state index is -0.330. The van der Waals surface area contributed by atoms with Gasteiger partial charge in [0.05, 0.1) is 22.1 Å². The van der Waals surface area contributed by atoms with Gasteiger partial charge in [0.2, 0.25) is 0 Å². The molecule has 0 bridgehead atoms. The monoisotopic (exact) mass is 580 g/mol. The van der Waals surface area contributed by atoms with Crippen molar-refractivity contribution in [3.63, 3.8) is 0 Å². The van der Waals surface area contributed by atoms with Crippen LogP contribution in [0.5, 0.6) is 0 Å². The van der Waals surface area contributed by atoms with Crippen molar-refractivity contribution in [2.75, 3.05) is 0 Å². The molecule has 4 heteroatoms. The molecule has 45 heavy (non-hydrogen) atoms. The molecular weight excluding hydrogens is 552 g/mol. The Bertz CT molecular complexity index is 2650. The third-order valence-corrected chi connectivity index (χ3v) is 9.72. The predicted molar refractivity (Wildman–Crippen MR) is 185 cm³/mol. The summed E-state index contributed by atoms with van der Waals surface area (Å²) in [5, 5.41) is 4.73. The molecule has 4 nitrogen and oxygen atoms in total. The number of aromatic nitrogens is 2. The zero-order chi connectivity index (χ0) is 30.4. The maximum absolute atomic E-state index is 14.7. The Kier molecular flexibility index (Phi) is 5.22. The molecule has 0 amide bonds. The standard InChI is InChI=1S/C41H28N2O2/c1-41(2)35-19-11-9-17-27(35)31-21-29-30-22-32-28-18-10-12-20-37(28)42(25-13-5-3-6-14-25)38(32)24-34(30)40(45)43(26-15-7-4-8-16-26)39(44)33(29)23-36(31)41/h3-24H,1-2H3. The average molecular weight is 581 g/mol. The normalized spacial score (nSPS) is 13.5. The van der Waals surface area contributed by atoms with E-state index in [0.717, 1.165) is 49.4 Å². The molecule has 2 heterocycles. The summed E-state index contributed by atoms with van der Waals surface area (Å²) < 4.78 is 3.56. The second-order valence-electron chi connectivity index (χ2n) is 12.5. The lowest BCUT2D eigenvalue weighted by atomic mass is 9.82. The van der Waals surface area contributed by atoms with Crippen LogP contribution in [-0.2, 0) is 5.41 Å². The summed E-state index contributed by atoms with van der Waals surface area (Å²) in [5.41, 5.74) is 7.24. The van der Waals surface area contributed by atoms with Gasteiger partial charge in [-0.25, -0.2) is 4.57 Å². The van der Waals surface area contributed by atoms with Crippen LogP contribution < -0.4 is 11.1 Å². The van der Waals surface area contributed by atoms with Crippen molar-refractivity contribution >= 4 is 43.4 Å².